The zero-order valence-electron chi connectivity index (χ0n) is 10.5. The number of carbonyl (C=O) groups excluding carboxylic acids is 1. The molecule has 0 saturated carbocycles. The van der Waals surface area contributed by atoms with Crippen LogP contribution >= 0.6 is 23.3 Å². The van der Waals surface area contributed by atoms with E-state index in [1.165, 1.54) is 0 Å². The highest BCUT2D eigenvalue weighted by atomic mass is 33.1. The highest BCUT2D eigenvalue weighted by Crippen LogP contribution is 1.88. The topological polar surface area (TPSA) is 41.1 Å². The van der Waals surface area contributed by atoms with E-state index in [0.717, 1.165) is 38.0 Å². The summed E-state index contributed by atoms with van der Waals surface area (Å²) >= 11 is 6.44. The second kappa shape index (κ2) is 24.4. The van der Waals surface area contributed by atoms with Gasteiger partial charge in [0.15, 0.2) is 0 Å². The highest BCUT2D eigenvalue weighted by Gasteiger charge is 1.87. The van der Waals surface area contributed by atoms with Crippen LogP contribution in [0.25, 0.3) is 0 Å². The van der Waals surface area contributed by atoms with Crippen LogP contribution in [0, 0.1) is 0 Å². The maximum Gasteiger partial charge on any atom is 0.207 e. The number of rotatable bonds is 8. The van der Waals surface area contributed by atoms with Gasteiger partial charge in [-0.3, -0.25) is 4.79 Å². The molecule has 100 valence electrons. The second-order valence-corrected chi connectivity index (χ2v) is 2.84. The van der Waals surface area contributed by atoms with Crippen molar-refractivity contribution in [1.82, 2.24) is 10.6 Å². The van der Waals surface area contributed by atoms with Crippen molar-refractivity contribution in [3.8, 4) is 0 Å². The summed E-state index contributed by atoms with van der Waals surface area (Å²) in [5.74, 6) is 0. The third kappa shape index (κ3) is 31.3. The molecule has 0 aromatic heterocycles. The van der Waals surface area contributed by atoms with E-state index < -0.39 is 0 Å². The normalized spacial score (nSPS) is 7.24. The Balaban J connectivity index is -0.000000337. The lowest BCUT2D eigenvalue weighted by molar-refractivity contribution is -0.109. The van der Waals surface area contributed by atoms with Crippen LogP contribution in [-0.4, -0.2) is 19.5 Å². The molecule has 0 fully saturated rings. The number of carbonyl (C=O) groups is 1. The van der Waals surface area contributed by atoms with Gasteiger partial charge in [0, 0.05) is 18.8 Å². The van der Waals surface area contributed by atoms with Gasteiger partial charge in [0.2, 0.25) is 6.41 Å². The van der Waals surface area contributed by atoms with Crippen molar-refractivity contribution in [3.63, 3.8) is 0 Å². The Hall–Kier alpha value is -0.810. The Kier molecular flexibility index (Phi) is 30.9. The molecule has 0 unspecified atom stereocenters. The number of hydrogen-bond acceptors (Lipinski definition) is 4. The minimum atomic E-state index is 0.718. The number of unbranched alkanes of at least 4 members (excludes halogenated alkanes) is 1. The van der Waals surface area contributed by atoms with Gasteiger partial charge in [-0.2, -0.15) is 0 Å². The summed E-state index contributed by atoms with van der Waals surface area (Å²) in [5, 5.41) is 5.68. The molecule has 0 aliphatic rings. The lowest BCUT2D eigenvalue weighted by Crippen LogP contribution is -2.16. The molecule has 2 N–H and O–H groups in total. The molecule has 3 nitrogen and oxygen atoms in total. The minimum Gasteiger partial charge on any atom is -0.386 e. The van der Waals surface area contributed by atoms with Crippen molar-refractivity contribution in [2.75, 3.05) is 13.1 Å². The zero-order valence-corrected chi connectivity index (χ0v) is 12.3. The maximum atomic E-state index is 9.84. The van der Waals surface area contributed by atoms with Gasteiger partial charge >= 0.3 is 0 Å². The molecule has 5 heteroatoms. The number of thiol groups is 2. The first-order valence-electron chi connectivity index (χ1n) is 5.22. The van der Waals surface area contributed by atoms with Gasteiger partial charge in [-0.05, 0) is 25.8 Å². The maximum absolute atomic E-state index is 9.84. The Morgan fingerprint density at radius 3 is 2.12 bits per heavy atom. The molecule has 0 heterocycles. The second-order valence-electron chi connectivity index (χ2n) is 2.84. The fourth-order valence-corrected chi connectivity index (χ4v) is 0.732. The van der Waals surface area contributed by atoms with E-state index in [0.29, 0.717) is 0 Å². The first-order chi connectivity index (χ1) is 8.22. The Morgan fingerprint density at radius 1 is 1.24 bits per heavy atom. The van der Waals surface area contributed by atoms with Crippen molar-refractivity contribution in [2.24, 2.45) is 0 Å². The Morgan fingerprint density at radius 2 is 1.71 bits per heavy atom. The van der Waals surface area contributed by atoms with Gasteiger partial charge < -0.3 is 10.6 Å². The van der Waals surface area contributed by atoms with Gasteiger partial charge in [0.25, 0.3) is 0 Å². The average Bonchev–Trinajstić information content (AvgIpc) is 2.36. The predicted octanol–water partition coefficient (Wildman–Crippen LogP) is 2.76. The molecule has 0 aromatic rings. The third-order valence-electron chi connectivity index (χ3n) is 1.43. The lowest BCUT2D eigenvalue weighted by Gasteiger charge is -2.04. The standard InChI is InChI=1S/C9H16N2O.C3H6.H2S2/c1-3-9(2)11-7-5-4-6-10-8-12;1-3-2;1-2/h3,8,11H,1-2,4-7H2,(H,10,12);3H,1H2,2H3;1-2H. The largest absolute Gasteiger partial charge is 0.386 e. The van der Waals surface area contributed by atoms with E-state index >= 15 is 0 Å². The Bertz CT molecular complexity index is 197. The van der Waals surface area contributed by atoms with Crippen molar-refractivity contribution >= 4 is 29.7 Å². The van der Waals surface area contributed by atoms with E-state index in [2.05, 4.69) is 53.7 Å². The monoisotopic (exact) mass is 276 g/mol. The molecule has 0 radical (unpaired) electrons. The Labute approximate surface area is 116 Å². The molecule has 0 atom stereocenters. The van der Waals surface area contributed by atoms with Crippen molar-refractivity contribution in [2.45, 2.75) is 19.8 Å². The molecule has 0 aliphatic carbocycles. The van der Waals surface area contributed by atoms with E-state index in [4.69, 9.17) is 0 Å². The summed E-state index contributed by atoms with van der Waals surface area (Å²) in [4.78, 5) is 9.84. The van der Waals surface area contributed by atoms with Crippen LogP contribution < -0.4 is 10.6 Å². The van der Waals surface area contributed by atoms with Crippen LogP contribution in [0.2, 0.25) is 0 Å². The smallest absolute Gasteiger partial charge is 0.207 e. The fraction of sp³-hybridized carbons (Fsp3) is 0.417. The molecule has 0 bridgehead atoms. The van der Waals surface area contributed by atoms with E-state index in [-0.39, 0.29) is 0 Å². The molecule has 0 saturated heterocycles. The third-order valence-corrected chi connectivity index (χ3v) is 1.43. The average molecular weight is 276 g/mol. The minimum absolute atomic E-state index is 0.718. The van der Waals surface area contributed by atoms with Crippen LogP contribution in [-0.2, 0) is 4.79 Å². The molecule has 0 aromatic carbocycles. The summed E-state index contributed by atoms with van der Waals surface area (Å²) in [5.41, 5.74) is 0.846. The van der Waals surface area contributed by atoms with Crippen LogP contribution in [0.15, 0.2) is 37.6 Å². The quantitative estimate of drug-likeness (QED) is 0.137. The molecular formula is C12H24N2OS2. The van der Waals surface area contributed by atoms with Gasteiger partial charge in [-0.25, -0.2) is 0 Å². The molecule has 17 heavy (non-hydrogen) atoms. The summed E-state index contributed by atoms with van der Waals surface area (Å²) in [7, 11) is 0. The first-order valence-corrected chi connectivity index (χ1v) is 6.82. The van der Waals surface area contributed by atoms with Gasteiger partial charge in [0.05, 0.1) is 0 Å². The van der Waals surface area contributed by atoms with E-state index in [1.807, 2.05) is 6.92 Å². The predicted molar refractivity (Wildman–Crippen MR) is 84.5 cm³/mol. The molecule has 0 aliphatic heterocycles. The summed E-state index contributed by atoms with van der Waals surface area (Å²) in [6, 6.07) is 0. The van der Waals surface area contributed by atoms with Crippen LogP contribution in [0.4, 0.5) is 0 Å². The van der Waals surface area contributed by atoms with Crippen molar-refractivity contribution < 1.29 is 4.79 Å². The molecule has 0 rings (SSSR count). The van der Waals surface area contributed by atoms with Crippen LogP contribution in [0.5, 0.6) is 0 Å². The summed E-state index contributed by atoms with van der Waals surface area (Å²) in [6.45, 7) is 14.1. The number of nitrogens with one attached hydrogen (secondary N) is 2. The summed E-state index contributed by atoms with van der Waals surface area (Å²) in [6.07, 6.45) is 6.16. The van der Waals surface area contributed by atoms with Crippen molar-refractivity contribution in [1.29, 1.82) is 0 Å². The molecule has 0 spiro atoms. The first kappa shape index (κ1) is 21.5. The van der Waals surface area contributed by atoms with Crippen LogP contribution in [0.1, 0.15) is 19.8 Å². The molecule has 1 amide bonds. The van der Waals surface area contributed by atoms with E-state index in [9.17, 15) is 4.79 Å². The zero-order chi connectivity index (χ0) is 13.9. The number of amides is 1. The number of hydrogen-bond donors (Lipinski definition) is 4. The highest BCUT2D eigenvalue weighted by molar-refractivity contribution is 8.59. The summed E-state index contributed by atoms with van der Waals surface area (Å²) < 4.78 is 0. The SMILES string of the molecule is C=CC.C=CC(=C)NCCCCNC=O.SS. The lowest BCUT2D eigenvalue weighted by atomic mass is 10.3. The van der Waals surface area contributed by atoms with Crippen molar-refractivity contribution in [3.05, 3.63) is 37.6 Å². The van der Waals surface area contributed by atoms with Gasteiger partial charge in [0.1, 0.15) is 0 Å². The van der Waals surface area contributed by atoms with Gasteiger partial charge in [-0.1, -0.05) is 19.2 Å². The van der Waals surface area contributed by atoms with E-state index in [1.54, 1.807) is 12.2 Å². The fourth-order valence-electron chi connectivity index (χ4n) is 0.732. The van der Waals surface area contributed by atoms with Gasteiger partial charge in [-0.15, -0.1) is 29.9 Å². The van der Waals surface area contributed by atoms with Crippen LogP contribution in [0.3, 0.4) is 0 Å². The number of allylic oxidation sites excluding steroid dienone is 2. The molecular weight excluding hydrogens is 252 g/mol.